The van der Waals surface area contributed by atoms with E-state index in [-0.39, 0.29) is 0 Å². The Bertz CT molecular complexity index is 300. The summed E-state index contributed by atoms with van der Waals surface area (Å²) in [7, 11) is 1.89. The van der Waals surface area contributed by atoms with Crippen molar-refractivity contribution >= 4 is 19.1 Å². The summed E-state index contributed by atoms with van der Waals surface area (Å²) in [5, 5.41) is 21.5. The van der Waals surface area contributed by atoms with Crippen molar-refractivity contribution in [1.29, 1.82) is 0 Å². The van der Waals surface area contributed by atoms with Crippen LogP contribution in [0.25, 0.3) is 6.08 Å². The molecule has 0 fully saturated rings. The maximum absolute atomic E-state index is 7.17. The second-order valence-electron chi connectivity index (χ2n) is 3.00. The summed E-state index contributed by atoms with van der Waals surface area (Å²) in [5.74, 6) is 0. The van der Waals surface area contributed by atoms with E-state index in [4.69, 9.17) is 15.1 Å². The molecular weight excluding hydrogens is 193 g/mol. The molecule has 0 atom stereocenters. The second kappa shape index (κ2) is 7.06. The van der Waals surface area contributed by atoms with Crippen molar-refractivity contribution in [3.05, 3.63) is 36.4 Å². The van der Waals surface area contributed by atoms with Gasteiger partial charge in [0.15, 0.2) is 0 Å². The third-order valence-electron chi connectivity index (χ3n) is 1.64. The lowest BCUT2D eigenvalue weighted by atomic mass is 10.1. The highest BCUT2D eigenvalue weighted by Gasteiger charge is 1.97. The third kappa shape index (κ3) is 5.90. The van der Waals surface area contributed by atoms with Gasteiger partial charge in [-0.05, 0) is 11.6 Å². The summed E-state index contributed by atoms with van der Waals surface area (Å²) in [6.07, 6.45) is 1.87. The molecule has 15 heavy (non-hydrogen) atoms. The maximum Gasteiger partial charge on any atom is 0.631 e. The van der Waals surface area contributed by atoms with Gasteiger partial charge in [-0.1, -0.05) is 30.9 Å². The van der Waals surface area contributed by atoms with Crippen LogP contribution in [0.1, 0.15) is 5.56 Å². The first-order chi connectivity index (χ1) is 6.99. The van der Waals surface area contributed by atoms with Crippen molar-refractivity contribution in [3.8, 4) is 0 Å². The van der Waals surface area contributed by atoms with Gasteiger partial charge in [0.25, 0.3) is 0 Å². The summed E-state index contributed by atoms with van der Waals surface area (Å²) in [5.41, 5.74) is 2.39. The summed E-state index contributed by atoms with van der Waals surface area (Å²) in [6.45, 7) is 3.75. The highest BCUT2D eigenvalue weighted by atomic mass is 16.5. The van der Waals surface area contributed by atoms with E-state index < -0.39 is 7.32 Å². The maximum atomic E-state index is 7.17. The minimum atomic E-state index is -2.17. The van der Waals surface area contributed by atoms with Crippen molar-refractivity contribution in [2.45, 2.75) is 0 Å². The van der Waals surface area contributed by atoms with Crippen LogP contribution in [-0.4, -0.2) is 36.5 Å². The Morgan fingerprint density at radius 1 is 1.20 bits per heavy atom. The second-order valence-corrected chi connectivity index (χ2v) is 3.00. The van der Waals surface area contributed by atoms with Gasteiger partial charge in [0, 0.05) is 19.8 Å². The van der Waals surface area contributed by atoms with Crippen molar-refractivity contribution in [3.63, 3.8) is 0 Å². The van der Waals surface area contributed by atoms with Gasteiger partial charge >= 0.3 is 7.32 Å². The molecule has 0 bridgehead atoms. The zero-order valence-electron chi connectivity index (χ0n) is 8.96. The molecule has 3 N–H and O–H groups in total. The predicted molar refractivity (Wildman–Crippen MR) is 63.3 cm³/mol. The molecule has 1 aromatic carbocycles. The summed E-state index contributed by atoms with van der Waals surface area (Å²) < 4.78 is 0. The average Bonchev–Trinajstić information content (AvgIpc) is 2.16. The zero-order valence-corrected chi connectivity index (χ0v) is 8.96. The Morgan fingerprint density at radius 3 is 2.00 bits per heavy atom. The number of nitrogens with zero attached hydrogens (tertiary/aromatic N) is 1. The number of rotatable bonds is 2. The van der Waals surface area contributed by atoms with Crippen molar-refractivity contribution in [1.82, 2.24) is 0 Å². The van der Waals surface area contributed by atoms with Crippen molar-refractivity contribution in [2.24, 2.45) is 0 Å². The third-order valence-corrected chi connectivity index (χ3v) is 1.64. The largest absolute Gasteiger partial charge is 0.631 e. The van der Waals surface area contributed by atoms with Gasteiger partial charge in [-0.15, -0.1) is 0 Å². The van der Waals surface area contributed by atoms with Gasteiger partial charge in [-0.25, -0.2) is 0 Å². The standard InChI is InChI=1S/C10H13N.BH3O3/c1-4-9-7-5-6-8-10(9)11(2)3;2-1(3)4/h4-8H,1H2,2-3H3;2-4H. The van der Waals surface area contributed by atoms with Gasteiger partial charge in [0.2, 0.25) is 0 Å². The Labute approximate surface area is 90.3 Å². The first-order valence-electron chi connectivity index (χ1n) is 4.42. The van der Waals surface area contributed by atoms with E-state index in [1.54, 1.807) is 0 Å². The molecule has 0 heterocycles. The van der Waals surface area contributed by atoms with E-state index in [0.717, 1.165) is 0 Å². The SMILES string of the molecule is C=Cc1ccccc1N(C)C.OB(O)O. The van der Waals surface area contributed by atoms with E-state index >= 15 is 0 Å². The van der Waals surface area contributed by atoms with Crippen LogP contribution in [-0.2, 0) is 0 Å². The van der Waals surface area contributed by atoms with E-state index in [0.29, 0.717) is 0 Å². The quantitative estimate of drug-likeness (QED) is 0.614. The minimum absolute atomic E-state index is 1.18. The van der Waals surface area contributed by atoms with E-state index in [1.165, 1.54) is 11.3 Å². The number of anilines is 1. The number of para-hydroxylation sites is 1. The fourth-order valence-electron chi connectivity index (χ4n) is 1.07. The number of hydrogen-bond acceptors (Lipinski definition) is 4. The molecule has 0 aliphatic heterocycles. The van der Waals surface area contributed by atoms with Gasteiger partial charge in [0.1, 0.15) is 0 Å². The first-order valence-corrected chi connectivity index (χ1v) is 4.42. The van der Waals surface area contributed by atoms with Crippen molar-refractivity contribution in [2.75, 3.05) is 19.0 Å². The molecule has 0 radical (unpaired) electrons. The molecule has 0 aliphatic rings. The van der Waals surface area contributed by atoms with Crippen LogP contribution in [0.15, 0.2) is 30.8 Å². The molecule has 0 aromatic heterocycles. The normalized spacial score (nSPS) is 8.60. The lowest BCUT2D eigenvalue weighted by Crippen LogP contribution is -2.09. The van der Waals surface area contributed by atoms with Crippen LogP contribution in [0.5, 0.6) is 0 Å². The Morgan fingerprint density at radius 2 is 1.67 bits per heavy atom. The van der Waals surface area contributed by atoms with Crippen LogP contribution >= 0.6 is 0 Å². The first kappa shape index (κ1) is 13.7. The molecule has 5 heteroatoms. The molecule has 82 valence electrons. The molecule has 0 unspecified atom stereocenters. The van der Waals surface area contributed by atoms with Gasteiger partial charge in [0.05, 0.1) is 0 Å². The average molecular weight is 209 g/mol. The van der Waals surface area contributed by atoms with E-state index in [9.17, 15) is 0 Å². The molecule has 0 saturated heterocycles. The zero-order chi connectivity index (χ0) is 11.8. The van der Waals surface area contributed by atoms with Crippen LogP contribution < -0.4 is 4.90 Å². The Kier molecular flexibility index (Phi) is 6.45. The monoisotopic (exact) mass is 209 g/mol. The van der Waals surface area contributed by atoms with Crippen molar-refractivity contribution < 1.29 is 15.1 Å². The fourth-order valence-corrected chi connectivity index (χ4v) is 1.07. The van der Waals surface area contributed by atoms with Crippen LogP contribution in [0.4, 0.5) is 5.69 Å². The topological polar surface area (TPSA) is 63.9 Å². The highest BCUT2D eigenvalue weighted by molar-refractivity contribution is 6.30. The Hall–Kier alpha value is -1.30. The number of hydrogen-bond donors (Lipinski definition) is 3. The van der Waals surface area contributed by atoms with E-state index in [2.05, 4.69) is 23.6 Å². The van der Waals surface area contributed by atoms with E-state index in [1.807, 2.05) is 32.3 Å². The Balaban J connectivity index is 0.000000423. The van der Waals surface area contributed by atoms with Gasteiger partial charge in [-0.2, -0.15) is 0 Å². The molecule has 0 spiro atoms. The fraction of sp³-hybridized carbons (Fsp3) is 0.200. The number of benzene rings is 1. The lowest BCUT2D eigenvalue weighted by Gasteiger charge is -2.14. The van der Waals surface area contributed by atoms with Crippen LogP contribution in [0.2, 0.25) is 0 Å². The molecule has 1 rings (SSSR count). The summed E-state index contributed by atoms with van der Waals surface area (Å²) in [4.78, 5) is 2.08. The smallest absolute Gasteiger partial charge is 0.402 e. The summed E-state index contributed by atoms with van der Waals surface area (Å²) in [6, 6.07) is 8.19. The molecular formula is C10H16BNO3. The summed E-state index contributed by atoms with van der Waals surface area (Å²) >= 11 is 0. The molecule has 1 aromatic rings. The van der Waals surface area contributed by atoms with Gasteiger partial charge in [-0.3, -0.25) is 0 Å². The molecule has 0 saturated carbocycles. The predicted octanol–water partition coefficient (Wildman–Crippen LogP) is 0.344. The lowest BCUT2D eigenvalue weighted by molar-refractivity contribution is 0.278. The van der Waals surface area contributed by atoms with Gasteiger partial charge < -0.3 is 20.0 Å². The minimum Gasteiger partial charge on any atom is -0.402 e. The highest BCUT2D eigenvalue weighted by Crippen LogP contribution is 2.18. The van der Waals surface area contributed by atoms with Crippen LogP contribution in [0.3, 0.4) is 0 Å². The van der Waals surface area contributed by atoms with Crippen LogP contribution in [0, 0.1) is 0 Å². The molecule has 0 aliphatic carbocycles. The molecule has 4 nitrogen and oxygen atoms in total. The molecule has 0 amide bonds.